The number of hydrogen-bond acceptors (Lipinski definition) is 4. The largest absolute Gasteiger partial charge is 0.477 e. The third-order valence-electron chi connectivity index (χ3n) is 6.07. The van der Waals surface area contributed by atoms with Crippen LogP contribution in [-0.4, -0.2) is 39.0 Å². The Bertz CT molecular complexity index is 1530. The summed E-state index contributed by atoms with van der Waals surface area (Å²) in [5, 5.41) is 10.6. The van der Waals surface area contributed by atoms with Gasteiger partial charge < -0.3 is 10.4 Å². The lowest BCUT2D eigenvalue weighted by molar-refractivity contribution is -0.165. The molecule has 0 aliphatic carbocycles. The standard InChI is InChI=1S/C28H21F6N3O3/c29-19-11-8-17(9-12-19)24(28(32,33)34)37-25(38)18-10-13-20-22(15-18)35-21(7-4-14-27(30,31)26(39)40)23(36-20)16-5-2-1-3-6-16/h1-3,5-6,8-13,15,24H,4,7,14H2,(H,37,38)(H,39,40)/t24-/m1/s1. The van der Waals surface area contributed by atoms with Crippen molar-refractivity contribution >= 4 is 22.9 Å². The molecule has 0 spiro atoms. The number of carboxylic acid groups (broad SMARTS) is 1. The predicted molar refractivity (Wildman–Crippen MR) is 133 cm³/mol. The minimum Gasteiger partial charge on any atom is -0.477 e. The molecule has 40 heavy (non-hydrogen) atoms. The predicted octanol–water partition coefficient (Wildman–Crippen LogP) is 6.51. The lowest BCUT2D eigenvalue weighted by Crippen LogP contribution is -2.38. The van der Waals surface area contributed by atoms with Crippen LogP contribution in [-0.2, 0) is 11.2 Å². The molecule has 0 saturated heterocycles. The number of carboxylic acids is 1. The zero-order valence-electron chi connectivity index (χ0n) is 20.6. The SMILES string of the molecule is O=C(N[C@H](c1ccc(F)cc1)C(F)(F)F)c1ccc2nc(-c3ccccc3)c(CCCC(F)(F)C(=O)O)nc2c1. The van der Waals surface area contributed by atoms with Gasteiger partial charge in [0.2, 0.25) is 0 Å². The fourth-order valence-corrected chi connectivity index (χ4v) is 4.04. The number of carbonyl (C=O) groups is 2. The Balaban J connectivity index is 1.67. The van der Waals surface area contributed by atoms with E-state index < -0.39 is 42.3 Å². The van der Waals surface area contributed by atoms with Crippen molar-refractivity contribution in [2.45, 2.75) is 37.4 Å². The lowest BCUT2D eigenvalue weighted by atomic mass is 10.0. The molecule has 208 valence electrons. The first-order valence-electron chi connectivity index (χ1n) is 12.0. The number of alkyl halides is 5. The third kappa shape index (κ3) is 6.56. The summed E-state index contributed by atoms with van der Waals surface area (Å²) < 4.78 is 81.6. The van der Waals surface area contributed by atoms with Crippen molar-refractivity contribution in [3.05, 3.63) is 95.4 Å². The third-order valence-corrected chi connectivity index (χ3v) is 6.07. The van der Waals surface area contributed by atoms with E-state index in [1.54, 1.807) is 30.3 Å². The van der Waals surface area contributed by atoms with E-state index in [9.17, 15) is 35.9 Å². The van der Waals surface area contributed by atoms with Crippen molar-refractivity contribution in [2.75, 3.05) is 0 Å². The first kappa shape index (κ1) is 28.5. The van der Waals surface area contributed by atoms with Crippen molar-refractivity contribution in [3.63, 3.8) is 0 Å². The van der Waals surface area contributed by atoms with E-state index in [2.05, 4.69) is 9.97 Å². The Morgan fingerprint density at radius 2 is 1.55 bits per heavy atom. The summed E-state index contributed by atoms with van der Waals surface area (Å²) in [4.78, 5) is 32.6. The van der Waals surface area contributed by atoms with E-state index in [0.717, 1.165) is 24.3 Å². The van der Waals surface area contributed by atoms with Gasteiger partial charge in [0.25, 0.3) is 5.91 Å². The van der Waals surface area contributed by atoms with Crippen LogP contribution in [0.5, 0.6) is 0 Å². The molecule has 3 aromatic carbocycles. The number of fused-ring (bicyclic) bond motifs is 1. The van der Waals surface area contributed by atoms with E-state index in [1.165, 1.54) is 18.2 Å². The van der Waals surface area contributed by atoms with Crippen LogP contribution in [0.25, 0.3) is 22.3 Å². The summed E-state index contributed by atoms with van der Waals surface area (Å²) in [6.07, 6.45) is -6.14. The molecule has 1 aromatic heterocycles. The maximum absolute atomic E-state index is 13.7. The second-order valence-electron chi connectivity index (χ2n) is 8.95. The van der Waals surface area contributed by atoms with E-state index in [1.807, 2.05) is 5.32 Å². The van der Waals surface area contributed by atoms with Gasteiger partial charge in [0, 0.05) is 17.5 Å². The molecule has 1 heterocycles. The fraction of sp³-hybridized carbons (Fsp3) is 0.214. The molecule has 12 heteroatoms. The van der Waals surface area contributed by atoms with Crippen LogP contribution in [0, 0.1) is 5.82 Å². The van der Waals surface area contributed by atoms with Crippen molar-refractivity contribution in [1.29, 1.82) is 0 Å². The van der Waals surface area contributed by atoms with Crippen LogP contribution < -0.4 is 5.32 Å². The van der Waals surface area contributed by atoms with Crippen molar-refractivity contribution in [3.8, 4) is 11.3 Å². The highest BCUT2D eigenvalue weighted by Gasteiger charge is 2.42. The highest BCUT2D eigenvalue weighted by molar-refractivity contribution is 5.97. The lowest BCUT2D eigenvalue weighted by Gasteiger charge is -2.22. The van der Waals surface area contributed by atoms with Crippen LogP contribution in [0.2, 0.25) is 0 Å². The van der Waals surface area contributed by atoms with Gasteiger partial charge in [-0.15, -0.1) is 0 Å². The molecule has 1 atom stereocenters. The molecule has 0 saturated carbocycles. The molecule has 0 aliphatic rings. The second kappa shape index (κ2) is 11.3. The van der Waals surface area contributed by atoms with Gasteiger partial charge in [0.05, 0.1) is 22.4 Å². The Labute approximate surface area is 223 Å². The Morgan fingerprint density at radius 3 is 2.17 bits per heavy atom. The summed E-state index contributed by atoms with van der Waals surface area (Å²) in [6.45, 7) is 0. The number of carbonyl (C=O) groups excluding carboxylic acids is 1. The number of aliphatic carboxylic acids is 1. The average Bonchev–Trinajstić information content (AvgIpc) is 2.91. The molecule has 0 aliphatic heterocycles. The van der Waals surface area contributed by atoms with Crippen LogP contribution >= 0.6 is 0 Å². The molecule has 1 amide bonds. The number of aromatic nitrogens is 2. The number of halogens is 6. The summed E-state index contributed by atoms with van der Waals surface area (Å²) in [7, 11) is 0. The van der Waals surface area contributed by atoms with Crippen LogP contribution in [0.15, 0.2) is 72.8 Å². The van der Waals surface area contributed by atoms with E-state index >= 15 is 0 Å². The number of benzene rings is 3. The molecular formula is C28H21F6N3O3. The molecule has 2 N–H and O–H groups in total. The summed E-state index contributed by atoms with van der Waals surface area (Å²) in [6, 6.07) is 13.7. The fourth-order valence-electron chi connectivity index (χ4n) is 4.04. The Morgan fingerprint density at radius 1 is 0.875 bits per heavy atom. The minimum absolute atomic E-state index is 0.0762. The van der Waals surface area contributed by atoms with Crippen LogP contribution in [0.4, 0.5) is 26.3 Å². The first-order chi connectivity index (χ1) is 18.8. The normalized spacial score (nSPS) is 12.8. The average molecular weight is 561 g/mol. The summed E-state index contributed by atoms with van der Waals surface area (Å²) in [5.41, 5.74) is 1.10. The van der Waals surface area contributed by atoms with E-state index in [-0.39, 0.29) is 35.2 Å². The number of nitrogens with zero attached hydrogens (tertiary/aromatic N) is 2. The van der Waals surface area contributed by atoms with Gasteiger partial charge in [-0.1, -0.05) is 42.5 Å². The Kier molecular flexibility index (Phi) is 8.08. The van der Waals surface area contributed by atoms with Gasteiger partial charge in [-0.05, 0) is 48.7 Å². The van der Waals surface area contributed by atoms with Gasteiger partial charge in [-0.2, -0.15) is 22.0 Å². The number of rotatable bonds is 9. The van der Waals surface area contributed by atoms with Crippen molar-refractivity contribution in [1.82, 2.24) is 15.3 Å². The molecule has 6 nitrogen and oxygen atoms in total. The van der Waals surface area contributed by atoms with Gasteiger partial charge in [-0.25, -0.2) is 19.2 Å². The maximum atomic E-state index is 13.7. The van der Waals surface area contributed by atoms with Gasteiger partial charge in [0.15, 0.2) is 6.04 Å². The molecule has 4 aromatic rings. The number of hydrogen-bond donors (Lipinski definition) is 2. The molecular weight excluding hydrogens is 540 g/mol. The number of amides is 1. The molecule has 0 unspecified atom stereocenters. The second-order valence-corrected chi connectivity index (χ2v) is 8.95. The van der Waals surface area contributed by atoms with Gasteiger partial charge in [0.1, 0.15) is 5.82 Å². The highest BCUT2D eigenvalue weighted by atomic mass is 19.4. The van der Waals surface area contributed by atoms with Crippen LogP contribution in [0.3, 0.4) is 0 Å². The zero-order chi connectivity index (χ0) is 29.1. The molecule has 4 rings (SSSR count). The molecule has 0 radical (unpaired) electrons. The van der Waals surface area contributed by atoms with Gasteiger partial charge in [-0.3, -0.25) is 4.79 Å². The van der Waals surface area contributed by atoms with E-state index in [0.29, 0.717) is 16.8 Å². The van der Waals surface area contributed by atoms with Crippen LogP contribution in [0.1, 0.15) is 40.5 Å². The molecule has 0 fully saturated rings. The smallest absolute Gasteiger partial charge is 0.412 e. The molecule has 0 bridgehead atoms. The Hall–Kier alpha value is -4.48. The summed E-state index contributed by atoms with van der Waals surface area (Å²) in [5.74, 6) is -7.98. The number of nitrogens with one attached hydrogen (secondary N) is 1. The topological polar surface area (TPSA) is 92.2 Å². The van der Waals surface area contributed by atoms with Gasteiger partial charge >= 0.3 is 18.1 Å². The first-order valence-corrected chi connectivity index (χ1v) is 12.0. The highest BCUT2D eigenvalue weighted by Crippen LogP contribution is 2.33. The minimum atomic E-state index is -4.88. The monoisotopic (exact) mass is 561 g/mol. The number of aryl methyl sites for hydroxylation is 1. The maximum Gasteiger partial charge on any atom is 0.412 e. The quantitative estimate of drug-likeness (QED) is 0.227. The van der Waals surface area contributed by atoms with E-state index in [4.69, 9.17) is 5.11 Å². The zero-order valence-corrected chi connectivity index (χ0v) is 20.6. The van der Waals surface area contributed by atoms with Crippen molar-refractivity contribution in [2.24, 2.45) is 0 Å². The van der Waals surface area contributed by atoms with Crippen molar-refractivity contribution < 1.29 is 41.0 Å². The summed E-state index contributed by atoms with van der Waals surface area (Å²) >= 11 is 0.